The minimum atomic E-state index is 0.675. The van der Waals surface area contributed by atoms with Gasteiger partial charge in [0.2, 0.25) is 0 Å². The lowest BCUT2D eigenvalue weighted by atomic mass is 10.0. The largest absolute Gasteiger partial charge is 0.0884 e. The fourth-order valence-electron chi connectivity index (χ4n) is 0.724. The van der Waals surface area contributed by atoms with Crippen LogP contribution in [-0.4, -0.2) is 5.37 Å². The predicted molar refractivity (Wildman–Crippen MR) is 51.5 cm³/mol. The lowest BCUT2D eigenvalue weighted by Crippen LogP contribution is -1.89. The molecule has 1 atom stereocenters. The smallest absolute Gasteiger partial charge is 0.00424 e. The SMILES string of the molecule is CCC(C=S)=CC(C)CC. The lowest BCUT2D eigenvalue weighted by molar-refractivity contribution is 0.693. The molecule has 0 saturated heterocycles. The van der Waals surface area contributed by atoms with E-state index in [0.717, 1.165) is 6.42 Å². The van der Waals surface area contributed by atoms with Gasteiger partial charge in [0.15, 0.2) is 0 Å². The first-order chi connectivity index (χ1) is 4.74. The van der Waals surface area contributed by atoms with Crippen molar-refractivity contribution in [3.8, 4) is 0 Å². The van der Waals surface area contributed by atoms with Crippen LogP contribution >= 0.6 is 12.2 Å². The van der Waals surface area contributed by atoms with Crippen LogP contribution in [0.1, 0.15) is 33.6 Å². The molecule has 0 aromatic heterocycles. The first-order valence-electron chi connectivity index (χ1n) is 3.90. The Morgan fingerprint density at radius 1 is 1.50 bits per heavy atom. The van der Waals surface area contributed by atoms with Crippen molar-refractivity contribution < 1.29 is 0 Å². The van der Waals surface area contributed by atoms with Gasteiger partial charge in [-0.15, -0.1) is 0 Å². The molecule has 0 saturated carbocycles. The second-order valence-electron chi connectivity index (χ2n) is 2.60. The first-order valence-corrected chi connectivity index (χ1v) is 4.37. The van der Waals surface area contributed by atoms with Crippen molar-refractivity contribution in [3.63, 3.8) is 0 Å². The van der Waals surface area contributed by atoms with Crippen LogP contribution in [0.4, 0.5) is 0 Å². The molecule has 0 nitrogen and oxygen atoms in total. The normalized spacial score (nSPS) is 14.9. The Balaban J connectivity index is 3.95. The molecule has 1 heteroatoms. The number of hydrogen-bond donors (Lipinski definition) is 0. The van der Waals surface area contributed by atoms with Gasteiger partial charge in [0.05, 0.1) is 0 Å². The van der Waals surface area contributed by atoms with Crippen molar-refractivity contribution in [2.45, 2.75) is 33.6 Å². The van der Waals surface area contributed by atoms with E-state index in [2.05, 4.69) is 26.8 Å². The zero-order valence-corrected chi connectivity index (χ0v) is 7.87. The van der Waals surface area contributed by atoms with Gasteiger partial charge in [0, 0.05) is 5.37 Å². The van der Waals surface area contributed by atoms with Crippen molar-refractivity contribution in [1.82, 2.24) is 0 Å². The Hall–Kier alpha value is -0.170. The molecule has 0 amide bonds. The van der Waals surface area contributed by atoms with Gasteiger partial charge in [-0.1, -0.05) is 45.5 Å². The van der Waals surface area contributed by atoms with Crippen LogP contribution in [0.3, 0.4) is 0 Å². The Kier molecular flexibility index (Phi) is 5.51. The van der Waals surface area contributed by atoms with Crippen molar-refractivity contribution in [2.24, 2.45) is 5.92 Å². The maximum absolute atomic E-state index is 4.85. The quantitative estimate of drug-likeness (QED) is 0.444. The zero-order valence-electron chi connectivity index (χ0n) is 7.05. The molecule has 0 aliphatic heterocycles. The maximum atomic E-state index is 4.85. The van der Waals surface area contributed by atoms with E-state index in [-0.39, 0.29) is 0 Å². The van der Waals surface area contributed by atoms with Crippen LogP contribution in [0.5, 0.6) is 0 Å². The number of allylic oxidation sites excluding steroid dienone is 2. The first kappa shape index (κ1) is 9.83. The fraction of sp³-hybridized carbons (Fsp3) is 0.667. The van der Waals surface area contributed by atoms with E-state index >= 15 is 0 Å². The van der Waals surface area contributed by atoms with Crippen LogP contribution in [0, 0.1) is 5.92 Å². The highest BCUT2D eigenvalue weighted by Crippen LogP contribution is 2.07. The highest BCUT2D eigenvalue weighted by molar-refractivity contribution is 7.79. The molecule has 0 aromatic carbocycles. The molecule has 0 aliphatic rings. The van der Waals surface area contributed by atoms with Crippen molar-refractivity contribution in [1.29, 1.82) is 0 Å². The summed E-state index contributed by atoms with van der Waals surface area (Å²) in [6, 6.07) is 0. The van der Waals surface area contributed by atoms with E-state index in [1.807, 2.05) is 0 Å². The second-order valence-corrected chi connectivity index (χ2v) is 2.83. The van der Waals surface area contributed by atoms with E-state index in [9.17, 15) is 0 Å². The summed E-state index contributed by atoms with van der Waals surface area (Å²) >= 11 is 4.85. The van der Waals surface area contributed by atoms with Crippen molar-refractivity contribution >= 4 is 17.6 Å². The Labute approximate surface area is 69.3 Å². The standard InChI is InChI=1S/C9H16S/c1-4-8(3)6-9(5-2)7-10/h6-8H,4-5H2,1-3H3. The van der Waals surface area contributed by atoms with Crippen molar-refractivity contribution in [3.05, 3.63) is 11.6 Å². The van der Waals surface area contributed by atoms with Crippen LogP contribution in [-0.2, 0) is 0 Å². The van der Waals surface area contributed by atoms with E-state index in [4.69, 9.17) is 12.2 Å². The second kappa shape index (κ2) is 5.60. The highest BCUT2D eigenvalue weighted by atomic mass is 32.1. The van der Waals surface area contributed by atoms with Crippen LogP contribution in [0.2, 0.25) is 0 Å². The summed E-state index contributed by atoms with van der Waals surface area (Å²) in [6.07, 6.45) is 4.52. The molecular weight excluding hydrogens is 140 g/mol. The topological polar surface area (TPSA) is 0 Å². The van der Waals surface area contributed by atoms with Crippen LogP contribution < -0.4 is 0 Å². The Bertz CT molecular complexity index is 125. The van der Waals surface area contributed by atoms with Gasteiger partial charge in [0.1, 0.15) is 0 Å². The molecular formula is C9H16S. The third-order valence-corrected chi connectivity index (χ3v) is 2.00. The van der Waals surface area contributed by atoms with E-state index < -0.39 is 0 Å². The molecule has 0 N–H and O–H groups in total. The summed E-state index contributed by atoms with van der Waals surface area (Å²) in [5, 5.41) is 1.78. The molecule has 0 fully saturated rings. The van der Waals surface area contributed by atoms with Gasteiger partial charge in [-0.3, -0.25) is 0 Å². The number of hydrogen-bond acceptors (Lipinski definition) is 1. The summed E-state index contributed by atoms with van der Waals surface area (Å²) in [5.74, 6) is 0.675. The van der Waals surface area contributed by atoms with E-state index in [0.29, 0.717) is 5.92 Å². The van der Waals surface area contributed by atoms with Gasteiger partial charge >= 0.3 is 0 Å². The number of rotatable bonds is 4. The molecule has 0 rings (SSSR count). The molecule has 58 valence electrons. The summed E-state index contributed by atoms with van der Waals surface area (Å²) in [7, 11) is 0. The van der Waals surface area contributed by atoms with Crippen LogP contribution in [0.25, 0.3) is 0 Å². The molecule has 10 heavy (non-hydrogen) atoms. The average Bonchev–Trinajstić information content (AvgIpc) is 1.99. The predicted octanol–water partition coefficient (Wildman–Crippen LogP) is 3.37. The molecule has 0 spiro atoms. The van der Waals surface area contributed by atoms with E-state index in [1.165, 1.54) is 12.0 Å². The maximum Gasteiger partial charge on any atom is 0.00424 e. The molecule has 0 aromatic rings. The summed E-state index contributed by atoms with van der Waals surface area (Å²) in [6.45, 7) is 6.54. The lowest BCUT2D eigenvalue weighted by Gasteiger charge is -2.02. The Morgan fingerprint density at radius 3 is 2.40 bits per heavy atom. The third kappa shape index (κ3) is 3.78. The summed E-state index contributed by atoms with van der Waals surface area (Å²) < 4.78 is 0. The third-order valence-electron chi connectivity index (χ3n) is 1.70. The number of thiocarbonyl (C=S) groups is 1. The van der Waals surface area contributed by atoms with Crippen LogP contribution in [0.15, 0.2) is 11.6 Å². The molecule has 0 heterocycles. The monoisotopic (exact) mass is 156 g/mol. The van der Waals surface area contributed by atoms with Gasteiger partial charge in [-0.05, 0) is 17.9 Å². The summed E-state index contributed by atoms with van der Waals surface area (Å²) in [5.41, 5.74) is 1.30. The highest BCUT2D eigenvalue weighted by Gasteiger charge is 1.94. The summed E-state index contributed by atoms with van der Waals surface area (Å²) in [4.78, 5) is 0. The molecule has 1 unspecified atom stereocenters. The van der Waals surface area contributed by atoms with E-state index in [1.54, 1.807) is 5.37 Å². The van der Waals surface area contributed by atoms with Gasteiger partial charge in [-0.2, -0.15) is 0 Å². The van der Waals surface area contributed by atoms with Crippen molar-refractivity contribution in [2.75, 3.05) is 0 Å². The van der Waals surface area contributed by atoms with Gasteiger partial charge < -0.3 is 0 Å². The minimum absolute atomic E-state index is 0.675. The minimum Gasteiger partial charge on any atom is -0.0884 e. The molecule has 0 aliphatic carbocycles. The zero-order chi connectivity index (χ0) is 7.98. The average molecular weight is 156 g/mol. The molecule has 0 radical (unpaired) electrons. The molecule has 0 bridgehead atoms. The Morgan fingerprint density at radius 2 is 2.10 bits per heavy atom. The van der Waals surface area contributed by atoms with Gasteiger partial charge in [-0.25, -0.2) is 0 Å². The van der Waals surface area contributed by atoms with Gasteiger partial charge in [0.25, 0.3) is 0 Å². The fourth-order valence-corrected chi connectivity index (χ4v) is 0.969.